The van der Waals surface area contributed by atoms with Crippen molar-refractivity contribution in [3.05, 3.63) is 54.4 Å². The third kappa shape index (κ3) is 1.67. The average Bonchev–Trinajstić information content (AvgIpc) is 2.68. The summed E-state index contributed by atoms with van der Waals surface area (Å²) in [5.74, 6) is 0. The van der Waals surface area contributed by atoms with Crippen LogP contribution in [0.15, 0.2) is 48.8 Å². The lowest BCUT2D eigenvalue weighted by Crippen LogP contribution is -1.88. The molecule has 2 aromatic heterocycles. The first-order valence-electron chi connectivity index (χ1n) is 5.45. The summed E-state index contributed by atoms with van der Waals surface area (Å²) in [7, 11) is 0. The van der Waals surface area contributed by atoms with E-state index in [9.17, 15) is 0 Å². The van der Waals surface area contributed by atoms with Crippen LogP contribution in [0, 0.1) is 6.92 Å². The van der Waals surface area contributed by atoms with Crippen molar-refractivity contribution >= 4 is 27.1 Å². The van der Waals surface area contributed by atoms with Crippen LogP contribution in [0.1, 0.15) is 5.56 Å². The summed E-state index contributed by atoms with van der Waals surface area (Å²) < 4.78 is 2.03. The molecule has 0 aliphatic carbocycles. The van der Waals surface area contributed by atoms with E-state index in [0.717, 1.165) is 11.3 Å². The Kier molecular flexibility index (Phi) is 2.48. The van der Waals surface area contributed by atoms with Crippen molar-refractivity contribution in [2.75, 3.05) is 0 Å². The van der Waals surface area contributed by atoms with E-state index in [0.29, 0.717) is 0 Å². The quantitative estimate of drug-likeness (QED) is 0.657. The van der Waals surface area contributed by atoms with Crippen LogP contribution < -0.4 is 0 Å². The van der Waals surface area contributed by atoms with Crippen molar-refractivity contribution in [1.82, 2.24) is 8.58 Å². The number of aryl methyl sites for hydroxylation is 1. The van der Waals surface area contributed by atoms with E-state index in [4.69, 9.17) is 0 Å². The molecule has 2 heterocycles. The minimum absolute atomic E-state index is 1.14. The highest BCUT2D eigenvalue weighted by atomic mass is 79.9. The van der Waals surface area contributed by atoms with Crippen molar-refractivity contribution in [1.29, 1.82) is 0 Å². The van der Waals surface area contributed by atoms with Gasteiger partial charge in [-0.1, -0.05) is 18.2 Å². The number of para-hydroxylation sites is 1. The van der Waals surface area contributed by atoms with Gasteiger partial charge in [0.1, 0.15) is 0 Å². The molecule has 0 saturated heterocycles. The van der Waals surface area contributed by atoms with E-state index >= 15 is 0 Å². The third-order valence-corrected chi connectivity index (χ3v) is 3.73. The number of hydrogen-bond acceptors (Lipinski definition) is 1. The lowest BCUT2D eigenvalue weighted by Gasteiger charge is -2.04. The molecule has 0 bridgehead atoms. The van der Waals surface area contributed by atoms with Crippen molar-refractivity contribution < 1.29 is 0 Å². The summed E-state index contributed by atoms with van der Waals surface area (Å²) in [6, 6.07) is 12.5. The third-order valence-electron chi connectivity index (χ3n) is 2.97. The molecule has 3 rings (SSSR count). The molecule has 0 amide bonds. The van der Waals surface area contributed by atoms with E-state index < -0.39 is 0 Å². The molecule has 84 valence electrons. The van der Waals surface area contributed by atoms with Crippen molar-refractivity contribution in [2.24, 2.45) is 0 Å². The molecule has 0 saturated carbocycles. The molecule has 0 fully saturated rings. The van der Waals surface area contributed by atoms with Gasteiger partial charge in [0, 0.05) is 23.3 Å². The molecular weight excluding hydrogens is 276 g/mol. The van der Waals surface area contributed by atoms with Gasteiger partial charge in [-0.15, -0.1) is 0 Å². The zero-order chi connectivity index (χ0) is 11.8. The second-order valence-corrected chi connectivity index (χ2v) is 4.77. The Labute approximate surface area is 108 Å². The highest BCUT2D eigenvalue weighted by Gasteiger charge is 2.10. The fourth-order valence-electron chi connectivity index (χ4n) is 2.04. The van der Waals surface area contributed by atoms with E-state index in [1.165, 1.54) is 16.5 Å². The minimum atomic E-state index is 1.14. The fourth-order valence-corrected chi connectivity index (χ4v) is 2.65. The van der Waals surface area contributed by atoms with E-state index in [2.05, 4.69) is 52.3 Å². The monoisotopic (exact) mass is 286 g/mol. The van der Waals surface area contributed by atoms with Crippen LogP contribution in [0.25, 0.3) is 22.2 Å². The Morgan fingerprint density at radius 3 is 2.76 bits per heavy atom. The topological polar surface area (TPSA) is 17.8 Å². The summed E-state index contributed by atoms with van der Waals surface area (Å²) in [5.41, 5.74) is 4.69. The molecule has 0 spiro atoms. The fraction of sp³-hybridized carbons (Fsp3) is 0.0714. The van der Waals surface area contributed by atoms with Crippen LogP contribution >= 0.6 is 16.1 Å². The Morgan fingerprint density at radius 1 is 1.18 bits per heavy atom. The molecule has 2 nitrogen and oxygen atoms in total. The molecule has 0 aliphatic heterocycles. The number of pyridine rings is 1. The number of hydrogen-bond donors (Lipinski definition) is 0. The zero-order valence-electron chi connectivity index (χ0n) is 9.39. The molecule has 0 unspecified atom stereocenters. The Bertz CT molecular complexity index is 686. The minimum Gasteiger partial charge on any atom is -0.276 e. The van der Waals surface area contributed by atoms with Crippen molar-refractivity contribution in [2.45, 2.75) is 6.92 Å². The predicted octanol–water partition coefficient (Wildman–Crippen LogP) is 4.17. The Morgan fingerprint density at radius 2 is 2.00 bits per heavy atom. The summed E-state index contributed by atoms with van der Waals surface area (Å²) in [4.78, 5) is 4.20. The van der Waals surface area contributed by atoms with Crippen LogP contribution in [0.2, 0.25) is 0 Å². The highest BCUT2D eigenvalue weighted by Crippen LogP contribution is 2.31. The number of aromatic nitrogens is 2. The first-order valence-corrected chi connectivity index (χ1v) is 6.16. The van der Waals surface area contributed by atoms with Crippen molar-refractivity contribution in [3.8, 4) is 11.3 Å². The van der Waals surface area contributed by atoms with Crippen LogP contribution in [-0.2, 0) is 0 Å². The smallest absolute Gasteiger partial charge is 0.0623 e. The largest absolute Gasteiger partial charge is 0.276 e. The zero-order valence-corrected chi connectivity index (χ0v) is 11.0. The van der Waals surface area contributed by atoms with E-state index in [1.54, 1.807) is 0 Å². The highest BCUT2D eigenvalue weighted by molar-refractivity contribution is 9.08. The lowest BCUT2D eigenvalue weighted by atomic mass is 10.1. The number of nitrogens with zero attached hydrogens (tertiary/aromatic N) is 2. The number of halogens is 1. The van der Waals surface area contributed by atoms with Gasteiger partial charge in [-0.3, -0.25) is 8.58 Å². The van der Waals surface area contributed by atoms with Crippen LogP contribution in [0.3, 0.4) is 0 Å². The van der Waals surface area contributed by atoms with Gasteiger partial charge in [-0.25, -0.2) is 0 Å². The van der Waals surface area contributed by atoms with Gasteiger partial charge in [-0.05, 0) is 30.7 Å². The molecule has 0 aliphatic rings. The molecule has 0 atom stereocenters. The average molecular weight is 287 g/mol. The number of fused-ring (bicyclic) bond motifs is 1. The first kappa shape index (κ1) is 10.5. The van der Waals surface area contributed by atoms with Gasteiger partial charge in [0.2, 0.25) is 0 Å². The summed E-state index contributed by atoms with van der Waals surface area (Å²) in [6.45, 7) is 2.10. The second-order valence-electron chi connectivity index (χ2n) is 4.06. The standard InChI is InChI=1S/C14H11BrN2/c1-10-6-7-16-9-12(10)14-8-11-4-2-3-5-13(11)17(14)15/h2-9H,1H3. The Hall–Kier alpha value is -1.61. The Balaban J connectivity index is 2.32. The second kappa shape index (κ2) is 4.00. The van der Waals surface area contributed by atoms with Gasteiger partial charge >= 0.3 is 0 Å². The number of rotatable bonds is 1. The summed E-state index contributed by atoms with van der Waals surface area (Å²) >= 11 is 3.61. The predicted molar refractivity (Wildman–Crippen MR) is 74.2 cm³/mol. The van der Waals surface area contributed by atoms with Gasteiger partial charge in [0.05, 0.1) is 27.4 Å². The van der Waals surface area contributed by atoms with E-state index in [-0.39, 0.29) is 0 Å². The first-order chi connectivity index (χ1) is 8.27. The summed E-state index contributed by atoms with van der Waals surface area (Å²) in [6.07, 6.45) is 3.72. The van der Waals surface area contributed by atoms with Gasteiger partial charge in [0.15, 0.2) is 0 Å². The van der Waals surface area contributed by atoms with Crippen LogP contribution in [0.5, 0.6) is 0 Å². The van der Waals surface area contributed by atoms with E-state index in [1.807, 2.05) is 28.1 Å². The maximum Gasteiger partial charge on any atom is 0.0623 e. The molecule has 3 aromatic rings. The van der Waals surface area contributed by atoms with Gasteiger partial charge in [-0.2, -0.15) is 0 Å². The summed E-state index contributed by atoms with van der Waals surface area (Å²) in [5, 5.41) is 1.22. The molecule has 0 N–H and O–H groups in total. The maximum atomic E-state index is 4.20. The maximum absolute atomic E-state index is 4.20. The molecule has 0 radical (unpaired) electrons. The van der Waals surface area contributed by atoms with Gasteiger partial charge in [0.25, 0.3) is 0 Å². The van der Waals surface area contributed by atoms with Crippen LogP contribution in [-0.4, -0.2) is 8.58 Å². The van der Waals surface area contributed by atoms with Crippen molar-refractivity contribution in [3.63, 3.8) is 0 Å². The molecule has 17 heavy (non-hydrogen) atoms. The molecule has 3 heteroatoms. The van der Waals surface area contributed by atoms with Gasteiger partial charge < -0.3 is 0 Å². The number of benzene rings is 1. The lowest BCUT2D eigenvalue weighted by molar-refractivity contribution is 1.26. The SMILES string of the molecule is Cc1ccncc1-c1cc2ccccc2n1Br. The molecule has 1 aromatic carbocycles. The molecular formula is C14H11BrN2. The normalized spacial score (nSPS) is 10.9. The van der Waals surface area contributed by atoms with Crippen LogP contribution in [0.4, 0.5) is 0 Å².